The predicted octanol–water partition coefficient (Wildman–Crippen LogP) is 0.556. The third-order valence-corrected chi connectivity index (χ3v) is 1.30. The van der Waals surface area contributed by atoms with E-state index >= 15 is 0 Å². The van der Waals surface area contributed by atoms with E-state index in [1.165, 1.54) is 0 Å². The zero-order valence-corrected chi connectivity index (χ0v) is 6.38. The Morgan fingerprint density at radius 2 is 1.64 bits per heavy atom. The third-order valence-electron chi connectivity index (χ3n) is 0.936. The second-order valence-electron chi connectivity index (χ2n) is 1.64. The molecule has 0 fully saturated rings. The van der Waals surface area contributed by atoms with Gasteiger partial charge in [-0.05, 0) is 12.1 Å². The summed E-state index contributed by atoms with van der Waals surface area (Å²) in [6, 6.07) is 8.50. The van der Waals surface area contributed by atoms with Crippen molar-refractivity contribution in [2.24, 2.45) is 4.36 Å². The van der Waals surface area contributed by atoms with Gasteiger partial charge in [0.1, 0.15) is 0 Å². The van der Waals surface area contributed by atoms with Gasteiger partial charge >= 0.3 is 10.5 Å². The summed E-state index contributed by atoms with van der Waals surface area (Å²) in [5, 5.41) is 0. The highest BCUT2D eigenvalue weighted by molar-refractivity contribution is 7.61. The monoisotopic (exact) mass is 173 g/mol. The van der Waals surface area contributed by atoms with E-state index in [1.807, 2.05) is 0 Å². The lowest BCUT2D eigenvalue weighted by molar-refractivity contribution is 0.622. The summed E-state index contributed by atoms with van der Waals surface area (Å²) < 4.78 is 23.3. The van der Waals surface area contributed by atoms with Crippen molar-refractivity contribution in [3.8, 4) is 0 Å². The van der Waals surface area contributed by atoms with Crippen LogP contribution in [0.2, 0.25) is 0 Å². The Morgan fingerprint density at radius 3 is 2.09 bits per heavy atom. The molecule has 0 aromatic heterocycles. The molecule has 1 aromatic carbocycles. The molecule has 0 aliphatic carbocycles. The summed E-state index contributed by atoms with van der Waals surface area (Å²) >= 11 is 0. The molecule has 0 saturated carbocycles. The van der Waals surface area contributed by atoms with Gasteiger partial charge in [0.15, 0.2) is 0 Å². The molecule has 1 aromatic rings. The Balaban J connectivity index is 0.000001000. The maximum Gasteiger partial charge on any atom is 0.316 e. The largest absolute Gasteiger partial charge is 0.412 e. The van der Waals surface area contributed by atoms with E-state index in [-0.39, 0.29) is 5.48 Å². The molecule has 1 rings (SSSR count). The summed E-state index contributed by atoms with van der Waals surface area (Å²) in [5.74, 6) is 0. The first-order valence-corrected chi connectivity index (χ1v) is 3.68. The van der Waals surface area contributed by atoms with Gasteiger partial charge in [0.25, 0.3) is 0 Å². The SMILES string of the molecule is O.O=S(=O)=Nc1ccccc1. The molecule has 0 unspecified atom stereocenters. The minimum Gasteiger partial charge on any atom is -0.412 e. The van der Waals surface area contributed by atoms with Gasteiger partial charge in [0, 0.05) is 0 Å². The second-order valence-corrected chi connectivity index (χ2v) is 2.26. The minimum absolute atomic E-state index is 0. The Bertz CT molecular complexity index is 322. The van der Waals surface area contributed by atoms with E-state index in [9.17, 15) is 8.42 Å². The van der Waals surface area contributed by atoms with Crippen LogP contribution < -0.4 is 0 Å². The fourth-order valence-electron chi connectivity index (χ4n) is 0.575. The van der Waals surface area contributed by atoms with Crippen LogP contribution in [0, 0.1) is 0 Å². The summed E-state index contributed by atoms with van der Waals surface area (Å²) in [6.45, 7) is 0. The van der Waals surface area contributed by atoms with Crippen molar-refractivity contribution in [3.05, 3.63) is 30.3 Å². The molecule has 0 radical (unpaired) electrons. The highest BCUT2D eigenvalue weighted by Gasteiger charge is 1.82. The molecular weight excluding hydrogens is 166 g/mol. The van der Waals surface area contributed by atoms with Gasteiger partial charge < -0.3 is 5.48 Å². The fourth-order valence-corrected chi connectivity index (χ4v) is 0.869. The van der Waals surface area contributed by atoms with Gasteiger partial charge in [-0.3, -0.25) is 0 Å². The summed E-state index contributed by atoms with van der Waals surface area (Å²) in [6.07, 6.45) is 0. The number of rotatable bonds is 1. The molecular formula is C6H7NO3S. The average Bonchev–Trinajstić information content (AvgIpc) is 1.88. The van der Waals surface area contributed by atoms with Gasteiger partial charge in [-0.15, -0.1) is 4.36 Å². The number of benzene rings is 1. The van der Waals surface area contributed by atoms with Crippen molar-refractivity contribution in [2.75, 3.05) is 0 Å². The van der Waals surface area contributed by atoms with Crippen LogP contribution in [0.4, 0.5) is 5.69 Å². The van der Waals surface area contributed by atoms with E-state index < -0.39 is 10.5 Å². The van der Waals surface area contributed by atoms with Crippen LogP contribution in [0.1, 0.15) is 0 Å². The normalized spacial score (nSPS) is 8.00. The van der Waals surface area contributed by atoms with E-state index in [1.54, 1.807) is 30.3 Å². The Morgan fingerprint density at radius 1 is 1.09 bits per heavy atom. The van der Waals surface area contributed by atoms with Crippen LogP contribution in [0.25, 0.3) is 0 Å². The maximum atomic E-state index is 10.0. The zero-order chi connectivity index (χ0) is 7.40. The smallest absolute Gasteiger partial charge is 0.316 e. The van der Waals surface area contributed by atoms with Gasteiger partial charge in [0.2, 0.25) is 0 Å². The molecule has 0 atom stereocenters. The molecule has 11 heavy (non-hydrogen) atoms. The summed E-state index contributed by atoms with van der Waals surface area (Å²) in [4.78, 5) is 0. The second kappa shape index (κ2) is 4.59. The van der Waals surface area contributed by atoms with Crippen LogP contribution >= 0.6 is 0 Å². The van der Waals surface area contributed by atoms with Crippen molar-refractivity contribution in [1.82, 2.24) is 0 Å². The molecule has 0 aliphatic heterocycles. The zero-order valence-electron chi connectivity index (χ0n) is 5.56. The highest BCUT2D eigenvalue weighted by atomic mass is 32.2. The van der Waals surface area contributed by atoms with E-state index in [2.05, 4.69) is 4.36 Å². The molecule has 4 nitrogen and oxygen atoms in total. The molecule has 0 spiro atoms. The predicted molar refractivity (Wildman–Crippen MR) is 41.1 cm³/mol. The van der Waals surface area contributed by atoms with E-state index in [0.717, 1.165) is 0 Å². The molecule has 0 amide bonds. The van der Waals surface area contributed by atoms with Crippen LogP contribution in [0.3, 0.4) is 0 Å². The van der Waals surface area contributed by atoms with Gasteiger partial charge in [-0.25, -0.2) is 0 Å². The van der Waals surface area contributed by atoms with Crippen LogP contribution in [-0.4, -0.2) is 13.9 Å². The quantitative estimate of drug-likeness (QED) is 0.621. The van der Waals surface area contributed by atoms with Crippen LogP contribution in [0.15, 0.2) is 34.7 Å². The summed E-state index contributed by atoms with van der Waals surface area (Å²) in [5.41, 5.74) is 0.454. The number of nitrogens with zero attached hydrogens (tertiary/aromatic N) is 1. The molecule has 0 aliphatic rings. The van der Waals surface area contributed by atoms with Gasteiger partial charge in [-0.1, -0.05) is 18.2 Å². The maximum absolute atomic E-state index is 10.0. The number of hydrogen-bond donors (Lipinski definition) is 0. The topological polar surface area (TPSA) is 78.0 Å². The minimum atomic E-state index is -2.34. The van der Waals surface area contributed by atoms with Gasteiger partial charge in [0.05, 0.1) is 5.69 Å². The molecule has 0 saturated heterocycles. The first kappa shape index (κ1) is 9.80. The fraction of sp³-hybridized carbons (Fsp3) is 0. The Labute approximate surface area is 65.5 Å². The standard InChI is InChI=1S/C6H5NO2S.H2O/c8-10(9)7-6-4-2-1-3-5-6;/h1-5H;1H2. The van der Waals surface area contributed by atoms with Gasteiger partial charge in [-0.2, -0.15) is 8.42 Å². The lowest BCUT2D eigenvalue weighted by Crippen LogP contribution is -1.60. The highest BCUT2D eigenvalue weighted by Crippen LogP contribution is 2.07. The molecule has 2 N–H and O–H groups in total. The molecule has 5 heteroatoms. The number of hydrogen-bond acceptors (Lipinski definition) is 3. The first-order valence-electron chi connectivity index (χ1n) is 2.65. The van der Waals surface area contributed by atoms with E-state index in [0.29, 0.717) is 5.69 Å². The molecule has 0 heterocycles. The Kier molecular flexibility index (Phi) is 4.09. The third kappa shape index (κ3) is 3.49. The van der Waals surface area contributed by atoms with Crippen LogP contribution in [0.5, 0.6) is 0 Å². The van der Waals surface area contributed by atoms with Crippen molar-refractivity contribution in [1.29, 1.82) is 0 Å². The van der Waals surface area contributed by atoms with Crippen molar-refractivity contribution >= 4 is 16.2 Å². The molecule has 60 valence electrons. The van der Waals surface area contributed by atoms with Crippen molar-refractivity contribution < 1.29 is 13.9 Å². The lowest BCUT2D eigenvalue weighted by Gasteiger charge is -1.83. The van der Waals surface area contributed by atoms with Crippen LogP contribution in [-0.2, 0) is 10.5 Å². The lowest BCUT2D eigenvalue weighted by atomic mass is 10.3. The first-order chi connectivity index (χ1) is 4.79. The molecule has 0 bridgehead atoms. The Hall–Kier alpha value is -1.20. The van der Waals surface area contributed by atoms with E-state index in [4.69, 9.17) is 0 Å². The average molecular weight is 173 g/mol. The summed E-state index contributed by atoms with van der Waals surface area (Å²) in [7, 11) is -2.34. The van der Waals surface area contributed by atoms with Crippen molar-refractivity contribution in [3.63, 3.8) is 0 Å². The van der Waals surface area contributed by atoms with Crippen molar-refractivity contribution in [2.45, 2.75) is 0 Å².